The zero-order valence-electron chi connectivity index (χ0n) is 9.79. The monoisotopic (exact) mass is 193 g/mol. The molecule has 3 atom stereocenters. The molecule has 0 heterocycles. The van der Waals surface area contributed by atoms with Gasteiger partial charge in [0.05, 0.1) is 6.07 Å². The molecule has 0 amide bonds. The van der Waals surface area contributed by atoms with E-state index in [1.165, 1.54) is 19.3 Å². The SMILES string of the molecule is CC(C)CCC(C)C1CCC(C#N)C1. The molecular formula is C13H23N. The largest absolute Gasteiger partial charge is 0.198 e. The lowest BCUT2D eigenvalue weighted by molar-refractivity contribution is 0.318. The molecule has 0 aromatic heterocycles. The number of hydrogen-bond acceptors (Lipinski definition) is 1. The molecule has 0 radical (unpaired) electrons. The van der Waals surface area contributed by atoms with Crippen molar-refractivity contribution in [1.29, 1.82) is 5.26 Å². The van der Waals surface area contributed by atoms with Gasteiger partial charge in [-0.25, -0.2) is 0 Å². The van der Waals surface area contributed by atoms with E-state index in [4.69, 9.17) is 5.26 Å². The zero-order valence-corrected chi connectivity index (χ0v) is 9.79. The third kappa shape index (κ3) is 3.33. The van der Waals surface area contributed by atoms with Crippen molar-refractivity contribution in [3.05, 3.63) is 0 Å². The van der Waals surface area contributed by atoms with Crippen LogP contribution in [0.4, 0.5) is 0 Å². The smallest absolute Gasteiger partial charge is 0.0655 e. The van der Waals surface area contributed by atoms with E-state index in [1.54, 1.807) is 0 Å². The van der Waals surface area contributed by atoms with Gasteiger partial charge in [0.15, 0.2) is 0 Å². The summed E-state index contributed by atoms with van der Waals surface area (Å²) in [7, 11) is 0. The minimum Gasteiger partial charge on any atom is -0.198 e. The molecule has 0 aliphatic heterocycles. The van der Waals surface area contributed by atoms with Gasteiger partial charge >= 0.3 is 0 Å². The third-order valence-electron chi connectivity index (χ3n) is 3.66. The predicted octanol–water partition coefficient (Wildman–Crippen LogP) is 4.00. The number of rotatable bonds is 4. The van der Waals surface area contributed by atoms with Gasteiger partial charge in [0.1, 0.15) is 0 Å². The summed E-state index contributed by atoms with van der Waals surface area (Å²) in [5.41, 5.74) is 0. The molecule has 1 nitrogen and oxygen atoms in total. The van der Waals surface area contributed by atoms with Gasteiger partial charge in [-0.1, -0.05) is 33.6 Å². The van der Waals surface area contributed by atoms with Crippen molar-refractivity contribution in [2.45, 2.75) is 52.9 Å². The van der Waals surface area contributed by atoms with Crippen LogP contribution in [0.1, 0.15) is 52.9 Å². The van der Waals surface area contributed by atoms with Crippen LogP contribution >= 0.6 is 0 Å². The van der Waals surface area contributed by atoms with Crippen molar-refractivity contribution >= 4 is 0 Å². The van der Waals surface area contributed by atoms with Crippen LogP contribution < -0.4 is 0 Å². The second kappa shape index (κ2) is 5.39. The van der Waals surface area contributed by atoms with Crippen LogP contribution in [0, 0.1) is 35.0 Å². The number of hydrogen-bond donors (Lipinski definition) is 0. The van der Waals surface area contributed by atoms with E-state index in [0.29, 0.717) is 5.92 Å². The minimum atomic E-state index is 0.362. The molecule has 80 valence electrons. The van der Waals surface area contributed by atoms with Crippen molar-refractivity contribution in [3.8, 4) is 6.07 Å². The molecule has 1 fully saturated rings. The number of nitriles is 1. The Morgan fingerprint density at radius 3 is 2.43 bits per heavy atom. The van der Waals surface area contributed by atoms with Crippen LogP contribution in [0.25, 0.3) is 0 Å². The lowest BCUT2D eigenvalue weighted by Gasteiger charge is -2.19. The van der Waals surface area contributed by atoms with Crippen molar-refractivity contribution in [2.24, 2.45) is 23.7 Å². The third-order valence-corrected chi connectivity index (χ3v) is 3.66. The lowest BCUT2D eigenvalue weighted by atomic mass is 9.86. The first-order valence-electron chi connectivity index (χ1n) is 6.03. The molecule has 0 saturated heterocycles. The average molecular weight is 193 g/mol. The van der Waals surface area contributed by atoms with E-state index in [1.807, 2.05) is 0 Å². The van der Waals surface area contributed by atoms with Gasteiger partial charge in [-0.2, -0.15) is 5.26 Å². The average Bonchev–Trinajstić information content (AvgIpc) is 2.62. The maximum absolute atomic E-state index is 8.83. The van der Waals surface area contributed by atoms with Gasteiger partial charge in [0, 0.05) is 5.92 Å². The van der Waals surface area contributed by atoms with Crippen LogP contribution in [-0.2, 0) is 0 Å². The van der Waals surface area contributed by atoms with Crippen LogP contribution in [0.5, 0.6) is 0 Å². The molecule has 0 aromatic rings. The maximum atomic E-state index is 8.83. The molecule has 1 heteroatoms. The molecule has 1 aliphatic rings. The fourth-order valence-electron chi connectivity index (χ4n) is 2.48. The first-order chi connectivity index (χ1) is 6.63. The fraction of sp³-hybridized carbons (Fsp3) is 0.923. The summed E-state index contributed by atoms with van der Waals surface area (Å²) < 4.78 is 0. The van der Waals surface area contributed by atoms with Crippen LogP contribution in [0.2, 0.25) is 0 Å². The summed E-state index contributed by atoms with van der Waals surface area (Å²) in [6.07, 6.45) is 6.29. The van der Waals surface area contributed by atoms with E-state index in [2.05, 4.69) is 26.8 Å². The summed E-state index contributed by atoms with van der Waals surface area (Å²) in [6.45, 7) is 6.95. The first kappa shape index (κ1) is 11.6. The lowest BCUT2D eigenvalue weighted by Crippen LogP contribution is -2.09. The van der Waals surface area contributed by atoms with Crippen molar-refractivity contribution < 1.29 is 0 Å². The highest BCUT2D eigenvalue weighted by Gasteiger charge is 2.28. The normalized spacial score (nSPS) is 29.1. The van der Waals surface area contributed by atoms with Crippen LogP contribution in [0.15, 0.2) is 0 Å². The van der Waals surface area contributed by atoms with Gasteiger partial charge in [-0.05, 0) is 37.0 Å². The Morgan fingerprint density at radius 2 is 1.93 bits per heavy atom. The Kier molecular flexibility index (Phi) is 4.45. The van der Waals surface area contributed by atoms with Crippen molar-refractivity contribution in [2.75, 3.05) is 0 Å². The zero-order chi connectivity index (χ0) is 10.6. The van der Waals surface area contributed by atoms with Crippen LogP contribution in [-0.4, -0.2) is 0 Å². The van der Waals surface area contributed by atoms with E-state index in [9.17, 15) is 0 Å². The first-order valence-corrected chi connectivity index (χ1v) is 6.03. The van der Waals surface area contributed by atoms with Gasteiger partial charge in [-0.15, -0.1) is 0 Å². The molecule has 0 N–H and O–H groups in total. The van der Waals surface area contributed by atoms with Crippen LogP contribution in [0.3, 0.4) is 0 Å². The number of nitrogens with zero attached hydrogens (tertiary/aromatic N) is 1. The van der Waals surface area contributed by atoms with E-state index >= 15 is 0 Å². The Hall–Kier alpha value is -0.510. The van der Waals surface area contributed by atoms with Gasteiger partial charge in [0.25, 0.3) is 0 Å². The quantitative estimate of drug-likeness (QED) is 0.662. The molecule has 1 rings (SSSR count). The van der Waals surface area contributed by atoms with Crippen molar-refractivity contribution in [3.63, 3.8) is 0 Å². The standard InChI is InChI=1S/C13H23N/c1-10(2)4-5-11(3)13-7-6-12(8-13)9-14/h10-13H,4-8H2,1-3H3. The highest BCUT2D eigenvalue weighted by Crippen LogP contribution is 2.37. The second-order valence-electron chi connectivity index (χ2n) is 5.35. The van der Waals surface area contributed by atoms with Gasteiger partial charge < -0.3 is 0 Å². The Morgan fingerprint density at radius 1 is 1.21 bits per heavy atom. The summed E-state index contributed by atoms with van der Waals surface area (Å²) in [5.74, 6) is 2.85. The molecule has 3 unspecified atom stereocenters. The Bertz CT molecular complexity index is 202. The molecule has 14 heavy (non-hydrogen) atoms. The highest BCUT2D eigenvalue weighted by atomic mass is 14.4. The van der Waals surface area contributed by atoms with Crippen molar-refractivity contribution in [1.82, 2.24) is 0 Å². The Balaban J connectivity index is 2.25. The molecule has 1 aliphatic carbocycles. The van der Waals surface area contributed by atoms with Gasteiger partial charge in [0.2, 0.25) is 0 Å². The topological polar surface area (TPSA) is 23.8 Å². The molecule has 0 aromatic carbocycles. The van der Waals surface area contributed by atoms with E-state index in [0.717, 1.165) is 30.6 Å². The van der Waals surface area contributed by atoms with Gasteiger partial charge in [-0.3, -0.25) is 0 Å². The predicted molar refractivity (Wildman–Crippen MR) is 59.7 cm³/mol. The van der Waals surface area contributed by atoms with E-state index in [-0.39, 0.29) is 0 Å². The maximum Gasteiger partial charge on any atom is 0.0655 e. The summed E-state index contributed by atoms with van der Waals surface area (Å²) in [5, 5.41) is 8.83. The highest BCUT2D eigenvalue weighted by molar-refractivity contribution is 4.91. The fourth-order valence-corrected chi connectivity index (χ4v) is 2.48. The molecular weight excluding hydrogens is 170 g/mol. The molecule has 0 bridgehead atoms. The Labute approximate surface area is 88.5 Å². The molecule has 0 spiro atoms. The minimum absolute atomic E-state index is 0.362. The van der Waals surface area contributed by atoms with E-state index < -0.39 is 0 Å². The second-order valence-corrected chi connectivity index (χ2v) is 5.35. The summed E-state index contributed by atoms with van der Waals surface area (Å²) in [4.78, 5) is 0. The summed E-state index contributed by atoms with van der Waals surface area (Å²) in [6, 6.07) is 2.41. The summed E-state index contributed by atoms with van der Waals surface area (Å²) >= 11 is 0. The molecule has 1 saturated carbocycles.